The van der Waals surface area contributed by atoms with Gasteiger partial charge in [-0.3, -0.25) is 4.57 Å². The fourth-order valence-electron chi connectivity index (χ4n) is 8.56. The number of benzene rings is 8. The smallest absolute Gasteiger partial charge is 0.136 e. The molecule has 0 radical (unpaired) electrons. The molecule has 8 aromatic carbocycles. The van der Waals surface area contributed by atoms with Gasteiger partial charge in [-0.2, -0.15) is 0 Å². The standard InChI is InChI=1S/C47H31N3O/c1-2-43-48-38-22-13-24-40-47(38)50(43)46-37(21-12-23-39(46)49(40)30-14-4-3-5-15-30)45-35-19-8-6-17-33(35)44(34-18-7-9-20-36(34)45)29-26-27-32-31-16-10-11-25-41(31)51-42(32)28-29/h3-28H,2H2,1H3. The molecule has 0 unspecified atom stereocenters. The van der Waals surface area contributed by atoms with Crippen molar-refractivity contribution >= 4 is 71.6 Å². The van der Waals surface area contributed by atoms with Crippen molar-refractivity contribution < 1.29 is 4.42 Å². The van der Waals surface area contributed by atoms with Crippen LogP contribution in [0.15, 0.2) is 162 Å². The molecule has 1 aliphatic heterocycles. The fourth-order valence-corrected chi connectivity index (χ4v) is 8.56. The van der Waals surface area contributed by atoms with Crippen molar-refractivity contribution in [2.24, 2.45) is 0 Å². The number of aryl methyl sites for hydroxylation is 1. The lowest BCUT2D eigenvalue weighted by atomic mass is 9.85. The van der Waals surface area contributed by atoms with E-state index < -0.39 is 0 Å². The number of rotatable bonds is 4. The fraction of sp³-hybridized carbons (Fsp3) is 0.0426. The van der Waals surface area contributed by atoms with Gasteiger partial charge in [0.2, 0.25) is 0 Å². The molecule has 0 fully saturated rings. The Kier molecular flexibility index (Phi) is 5.90. The third-order valence-corrected chi connectivity index (χ3v) is 10.6. The van der Waals surface area contributed by atoms with E-state index in [0.717, 1.165) is 73.5 Å². The Labute approximate surface area is 294 Å². The number of hydrogen-bond donors (Lipinski definition) is 0. The second kappa shape index (κ2) is 10.7. The molecule has 0 atom stereocenters. The van der Waals surface area contributed by atoms with Crippen molar-refractivity contribution in [2.45, 2.75) is 13.3 Å². The first-order valence-electron chi connectivity index (χ1n) is 17.6. The Morgan fingerprint density at radius 1 is 0.529 bits per heavy atom. The summed E-state index contributed by atoms with van der Waals surface area (Å²) in [6.45, 7) is 2.20. The molecule has 2 aromatic heterocycles. The summed E-state index contributed by atoms with van der Waals surface area (Å²) in [5, 5.41) is 7.12. The summed E-state index contributed by atoms with van der Waals surface area (Å²) < 4.78 is 8.83. The number of para-hydroxylation sites is 4. The SMILES string of the molecule is CCc1nc2cccc3c2n1-c1c(-c2c4ccccc4c(-c4ccc5c(c4)oc4ccccc45)c4ccccc24)cccc1N3c1ccccc1. The topological polar surface area (TPSA) is 34.2 Å². The highest BCUT2D eigenvalue weighted by atomic mass is 16.3. The van der Waals surface area contributed by atoms with Gasteiger partial charge in [-0.15, -0.1) is 0 Å². The summed E-state index contributed by atoms with van der Waals surface area (Å²) in [5.74, 6) is 1.06. The van der Waals surface area contributed by atoms with Crippen LogP contribution in [0, 0.1) is 0 Å². The molecule has 0 N–H and O–H groups in total. The summed E-state index contributed by atoms with van der Waals surface area (Å²) >= 11 is 0. The summed E-state index contributed by atoms with van der Waals surface area (Å²) in [6, 6.07) is 56.7. The van der Waals surface area contributed by atoms with Crippen LogP contribution in [0.25, 0.3) is 82.5 Å². The van der Waals surface area contributed by atoms with E-state index in [1.807, 2.05) is 12.1 Å². The van der Waals surface area contributed by atoms with Gasteiger partial charge in [-0.25, -0.2) is 4.98 Å². The van der Waals surface area contributed by atoms with Gasteiger partial charge in [0.1, 0.15) is 17.0 Å². The molecule has 0 saturated heterocycles. The van der Waals surface area contributed by atoms with Crippen LogP contribution in [0.5, 0.6) is 0 Å². The molecule has 10 aromatic rings. The molecule has 51 heavy (non-hydrogen) atoms. The number of imidazole rings is 1. The first kappa shape index (κ1) is 28.2. The van der Waals surface area contributed by atoms with Gasteiger partial charge in [0.05, 0.1) is 28.1 Å². The minimum Gasteiger partial charge on any atom is -0.456 e. The van der Waals surface area contributed by atoms with E-state index in [1.54, 1.807) is 0 Å². The van der Waals surface area contributed by atoms with Gasteiger partial charge in [0, 0.05) is 28.4 Å². The average molecular weight is 654 g/mol. The lowest BCUT2D eigenvalue weighted by Gasteiger charge is -2.34. The van der Waals surface area contributed by atoms with Gasteiger partial charge < -0.3 is 9.32 Å². The van der Waals surface area contributed by atoms with Crippen molar-refractivity contribution in [3.63, 3.8) is 0 Å². The van der Waals surface area contributed by atoms with Crippen LogP contribution < -0.4 is 4.90 Å². The van der Waals surface area contributed by atoms with Crippen molar-refractivity contribution in [2.75, 3.05) is 4.90 Å². The van der Waals surface area contributed by atoms with Gasteiger partial charge >= 0.3 is 0 Å². The Balaban J connectivity index is 1.25. The molecular formula is C47H31N3O. The Bertz CT molecular complexity index is 2970. The zero-order chi connectivity index (χ0) is 33.6. The molecule has 0 saturated carbocycles. The largest absolute Gasteiger partial charge is 0.456 e. The molecule has 3 heterocycles. The maximum atomic E-state index is 6.40. The van der Waals surface area contributed by atoms with Crippen LogP contribution in [-0.4, -0.2) is 9.55 Å². The molecule has 1 aliphatic rings. The van der Waals surface area contributed by atoms with Gasteiger partial charge in [0.15, 0.2) is 0 Å². The van der Waals surface area contributed by atoms with Crippen LogP contribution >= 0.6 is 0 Å². The zero-order valence-electron chi connectivity index (χ0n) is 28.0. The molecule has 11 rings (SSSR count). The lowest BCUT2D eigenvalue weighted by Crippen LogP contribution is -2.19. The van der Waals surface area contributed by atoms with E-state index in [1.165, 1.54) is 38.2 Å². The second-order valence-electron chi connectivity index (χ2n) is 13.4. The van der Waals surface area contributed by atoms with Crippen LogP contribution in [0.1, 0.15) is 12.7 Å². The Morgan fingerprint density at radius 3 is 1.90 bits per heavy atom. The van der Waals surface area contributed by atoms with E-state index in [9.17, 15) is 0 Å². The maximum Gasteiger partial charge on any atom is 0.136 e. The van der Waals surface area contributed by atoms with Gasteiger partial charge in [-0.1, -0.05) is 116 Å². The Hall–Kier alpha value is -6.65. The van der Waals surface area contributed by atoms with Crippen LogP contribution in [0.4, 0.5) is 17.1 Å². The van der Waals surface area contributed by atoms with Crippen molar-refractivity contribution in [1.82, 2.24) is 9.55 Å². The quantitative estimate of drug-likeness (QED) is 0.177. The predicted molar refractivity (Wildman–Crippen MR) is 212 cm³/mol. The summed E-state index contributed by atoms with van der Waals surface area (Å²) in [6.07, 6.45) is 0.817. The summed E-state index contributed by atoms with van der Waals surface area (Å²) in [5.41, 5.74) is 13.3. The molecule has 0 spiro atoms. The highest BCUT2D eigenvalue weighted by Crippen LogP contribution is 2.52. The first-order valence-corrected chi connectivity index (χ1v) is 17.6. The van der Waals surface area contributed by atoms with E-state index in [0.29, 0.717) is 0 Å². The molecular weight excluding hydrogens is 623 g/mol. The molecule has 4 nitrogen and oxygen atoms in total. The third kappa shape index (κ3) is 3.93. The van der Waals surface area contributed by atoms with E-state index in [-0.39, 0.29) is 0 Å². The Morgan fingerprint density at radius 2 is 1.16 bits per heavy atom. The summed E-state index contributed by atoms with van der Waals surface area (Å²) in [7, 11) is 0. The minimum atomic E-state index is 0.817. The first-order chi connectivity index (χ1) is 25.3. The van der Waals surface area contributed by atoms with Gasteiger partial charge in [0.25, 0.3) is 0 Å². The molecule has 4 heteroatoms. The van der Waals surface area contributed by atoms with Crippen molar-refractivity contribution in [3.05, 3.63) is 164 Å². The van der Waals surface area contributed by atoms with Crippen LogP contribution in [0.2, 0.25) is 0 Å². The molecule has 240 valence electrons. The second-order valence-corrected chi connectivity index (χ2v) is 13.4. The number of nitrogens with zero attached hydrogens (tertiary/aromatic N) is 3. The number of anilines is 3. The maximum absolute atomic E-state index is 6.40. The number of hydrogen-bond acceptors (Lipinski definition) is 3. The van der Waals surface area contributed by atoms with Crippen molar-refractivity contribution in [3.8, 4) is 27.9 Å². The van der Waals surface area contributed by atoms with Crippen molar-refractivity contribution in [1.29, 1.82) is 0 Å². The average Bonchev–Trinajstić information content (AvgIpc) is 3.76. The van der Waals surface area contributed by atoms with E-state index in [2.05, 4.69) is 162 Å². The van der Waals surface area contributed by atoms with Crippen LogP contribution in [0.3, 0.4) is 0 Å². The molecule has 0 amide bonds. The van der Waals surface area contributed by atoms with Gasteiger partial charge in [-0.05, 0) is 86.8 Å². The lowest BCUT2D eigenvalue weighted by molar-refractivity contribution is 0.669. The third-order valence-electron chi connectivity index (χ3n) is 10.6. The van der Waals surface area contributed by atoms with Crippen LogP contribution in [-0.2, 0) is 6.42 Å². The minimum absolute atomic E-state index is 0.817. The highest BCUT2D eigenvalue weighted by Gasteiger charge is 2.31. The number of furan rings is 1. The molecule has 0 aliphatic carbocycles. The summed E-state index contributed by atoms with van der Waals surface area (Å²) in [4.78, 5) is 7.62. The van der Waals surface area contributed by atoms with E-state index in [4.69, 9.17) is 9.40 Å². The molecule has 0 bridgehead atoms. The monoisotopic (exact) mass is 653 g/mol. The zero-order valence-corrected chi connectivity index (χ0v) is 28.0. The van der Waals surface area contributed by atoms with E-state index >= 15 is 0 Å². The normalized spacial score (nSPS) is 12.5. The highest BCUT2D eigenvalue weighted by molar-refractivity contribution is 6.23. The number of fused-ring (bicyclic) bond motifs is 7. The number of aromatic nitrogens is 2. The predicted octanol–water partition coefficient (Wildman–Crippen LogP) is 12.9.